The zero-order chi connectivity index (χ0) is 19.3. The van der Waals surface area contributed by atoms with Gasteiger partial charge in [-0.15, -0.1) is 13.2 Å². The van der Waals surface area contributed by atoms with Gasteiger partial charge in [0.15, 0.2) is 0 Å². The maximum atomic E-state index is 12.4. The summed E-state index contributed by atoms with van der Waals surface area (Å²) in [5, 5.41) is 3.39. The van der Waals surface area contributed by atoms with E-state index in [9.17, 15) is 13.2 Å². The minimum absolute atomic E-state index is 0.159. The van der Waals surface area contributed by atoms with Gasteiger partial charge >= 0.3 is 6.36 Å². The van der Waals surface area contributed by atoms with Crippen LogP contribution in [0.15, 0.2) is 24.3 Å². The van der Waals surface area contributed by atoms with Gasteiger partial charge in [-0.2, -0.15) is 4.98 Å². The summed E-state index contributed by atoms with van der Waals surface area (Å²) in [6, 6.07) is 7.15. The second kappa shape index (κ2) is 6.53. The molecule has 0 saturated heterocycles. The lowest BCUT2D eigenvalue weighted by Crippen LogP contribution is -2.31. The zero-order valence-electron chi connectivity index (χ0n) is 15.3. The summed E-state index contributed by atoms with van der Waals surface area (Å²) in [4.78, 5) is 11.6. The molecule has 0 unspecified atom stereocenters. The molecule has 28 heavy (non-hydrogen) atoms. The monoisotopic (exact) mass is 390 g/mol. The molecular weight excluding hydrogens is 369 g/mol. The normalized spacial score (nSPS) is 19.3. The van der Waals surface area contributed by atoms with Crippen molar-refractivity contribution in [3.05, 3.63) is 41.1 Å². The van der Waals surface area contributed by atoms with E-state index in [0.29, 0.717) is 37.4 Å². The molecule has 0 bridgehead atoms. The molecule has 5 rings (SSSR count). The van der Waals surface area contributed by atoms with Crippen molar-refractivity contribution in [2.45, 2.75) is 57.0 Å². The van der Waals surface area contributed by atoms with E-state index in [0.717, 1.165) is 35.5 Å². The van der Waals surface area contributed by atoms with E-state index in [2.05, 4.69) is 26.0 Å². The molecule has 8 heteroatoms. The van der Waals surface area contributed by atoms with Crippen LogP contribution in [0.4, 0.5) is 24.9 Å². The summed E-state index contributed by atoms with van der Waals surface area (Å²) in [6.45, 7) is 1.32. The SMILES string of the molecule is FC(F)(F)Oc1ccc2c(c1)CCN(c1cc(C3CC3)nc(NC3CC3)n1)C2. The average molecular weight is 390 g/mol. The molecule has 2 fully saturated rings. The van der Waals surface area contributed by atoms with Crippen LogP contribution in [0.25, 0.3) is 0 Å². The maximum Gasteiger partial charge on any atom is 0.573 e. The molecule has 1 aromatic heterocycles. The molecule has 1 aliphatic heterocycles. The number of benzene rings is 1. The third kappa shape index (κ3) is 4.00. The van der Waals surface area contributed by atoms with Crippen LogP contribution in [-0.2, 0) is 13.0 Å². The van der Waals surface area contributed by atoms with E-state index >= 15 is 0 Å². The Balaban J connectivity index is 1.37. The average Bonchev–Trinajstić information content (AvgIpc) is 3.53. The molecule has 1 aromatic carbocycles. The van der Waals surface area contributed by atoms with Gasteiger partial charge in [0.2, 0.25) is 5.95 Å². The molecule has 2 aromatic rings. The van der Waals surface area contributed by atoms with E-state index in [4.69, 9.17) is 4.98 Å². The third-order valence-electron chi connectivity index (χ3n) is 5.39. The van der Waals surface area contributed by atoms with Crippen molar-refractivity contribution < 1.29 is 17.9 Å². The van der Waals surface area contributed by atoms with Crippen molar-refractivity contribution in [3.63, 3.8) is 0 Å². The zero-order valence-corrected chi connectivity index (χ0v) is 15.3. The number of anilines is 2. The van der Waals surface area contributed by atoms with Gasteiger partial charge in [0.05, 0.1) is 5.69 Å². The van der Waals surface area contributed by atoms with Gasteiger partial charge in [-0.1, -0.05) is 6.07 Å². The Morgan fingerprint density at radius 3 is 2.57 bits per heavy atom. The van der Waals surface area contributed by atoms with Crippen LogP contribution >= 0.6 is 0 Å². The summed E-state index contributed by atoms with van der Waals surface area (Å²) in [5.74, 6) is 1.96. The van der Waals surface area contributed by atoms with Crippen LogP contribution in [-0.4, -0.2) is 28.9 Å². The number of nitrogens with zero attached hydrogens (tertiary/aromatic N) is 3. The molecule has 1 N–H and O–H groups in total. The number of hydrogen-bond acceptors (Lipinski definition) is 5. The Kier molecular flexibility index (Phi) is 4.10. The lowest BCUT2D eigenvalue weighted by molar-refractivity contribution is -0.274. The number of alkyl halides is 3. The first-order valence-electron chi connectivity index (χ1n) is 9.71. The van der Waals surface area contributed by atoms with Crippen LogP contribution in [0.2, 0.25) is 0 Å². The summed E-state index contributed by atoms with van der Waals surface area (Å²) in [6.07, 6.45) is 0.643. The molecule has 2 saturated carbocycles. The van der Waals surface area contributed by atoms with Crippen molar-refractivity contribution in [2.24, 2.45) is 0 Å². The van der Waals surface area contributed by atoms with Crippen molar-refractivity contribution in [1.29, 1.82) is 0 Å². The Bertz CT molecular complexity index is 894. The van der Waals surface area contributed by atoms with Gasteiger partial charge in [0, 0.05) is 31.1 Å². The molecule has 148 valence electrons. The fourth-order valence-corrected chi connectivity index (χ4v) is 3.60. The highest BCUT2D eigenvalue weighted by molar-refractivity contribution is 5.50. The molecule has 0 atom stereocenters. The third-order valence-corrected chi connectivity index (χ3v) is 5.39. The second-order valence-corrected chi connectivity index (χ2v) is 7.82. The predicted octanol–water partition coefficient (Wildman–Crippen LogP) is 4.39. The topological polar surface area (TPSA) is 50.3 Å². The standard InChI is InChI=1S/C20H21F3N4O/c21-20(22,23)28-16-6-3-14-11-27(8-7-13(14)9-16)18-10-17(12-1-2-12)25-19(26-18)24-15-4-5-15/h3,6,9-10,12,15H,1-2,4-5,7-8,11H2,(H,24,25,26). The van der Waals surface area contributed by atoms with Gasteiger partial charge in [-0.25, -0.2) is 4.98 Å². The van der Waals surface area contributed by atoms with E-state index < -0.39 is 6.36 Å². The molecule has 2 heterocycles. The lowest BCUT2D eigenvalue weighted by atomic mass is 9.99. The highest BCUT2D eigenvalue weighted by Gasteiger charge is 2.32. The number of rotatable bonds is 5. The first kappa shape index (κ1) is 17.6. The number of aromatic nitrogens is 2. The van der Waals surface area contributed by atoms with Crippen LogP contribution in [0.1, 0.15) is 48.4 Å². The fraction of sp³-hybridized carbons (Fsp3) is 0.500. The van der Waals surface area contributed by atoms with E-state index in [1.807, 2.05) is 0 Å². The van der Waals surface area contributed by atoms with Gasteiger partial charge in [0.25, 0.3) is 0 Å². The molecule has 0 spiro atoms. The Morgan fingerprint density at radius 1 is 1.04 bits per heavy atom. The van der Waals surface area contributed by atoms with Crippen molar-refractivity contribution in [3.8, 4) is 5.75 Å². The molecule has 2 aliphatic carbocycles. The minimum atomic E-state index is -4.67. The fourth-order valence-electron chi connectivity index (χ4n) is 3.60. The summed E-state index contributed by atoms with van der Waals surface area (Å²) in [5.41, 5.74) is 2.99. The Morgan fingerprint density at radius 2 is 1.86 bits per heavy atom. The Labute approximate surface area is 160 Å². The quantitative estimate of drug-likeness (QED) is 0.821. The smallest absolute Gasteiger partial charge is 0.406 e. The molecule has 3 aliphatic rings. The summed E-state index contributed by atoms with van der Waals surface area (Å²) < 4.78 is 41.4. The van der Waals surface area contributed by atoms with Gasteiger partial charge < -0.3 is 15.0 Å². The molecule has 0 amide bonds. The summed E-state index contributed by atoms with van der Waals surface area (Å²) >= 11 is 0. The summed E-state index contributed by atoms with van der Waals surface area (Å²) in [7, 11) is 0. The number of ether oxygens (including phenoxy) is 1. The van der Waals surface area contributed by atoms with Crippen LogP contribution in [0.3, 0.4) is 0 Å². The number of fused-ring (bicyclic) bond motifs is 1. The van der Waals surface area contributed by atoms with Crippen LogP contribution < -0.4 is 15.0 Å². The predicted molar refractivity (Wildman–Crippen MR) is 98.5 cm³/mol. The van der Waals surface area contributed by atoms with E-state index in [-0.39, 0.29) is 5.75 Å². The minimum Gasteiger partial charge on any atom is -0.406 e. The van der Waals surface area contributed by atoms with Crippen molar-refractivity contribution >= 4 is 11.8 Å². The van der Waals surface area contributed by atoms with Gasteiger partial charge in [-0.3, -0.25) is 0 Å². The molecular formula is C20H21F3N4O. The first-order valence-corrected chi connectivity index (χ1v) is 9.71. The largest absolute Gasteiger partial charge is 0.573 e. The Hall–Kier alpha value is -2.51. The highest BCUT2D eigenvalue weighted by atomic mass is 19.4. The first-order chi connectivity index (χ1) is 13.4. The van der Waals surface area contributed by atoms with E-state index in [1.165, 1.54) is 25.0 Å². The highest BCUT2D eigenvalue weighted by Crippen LogP contribution is 2.41. The lowest BCUT2D eigenvalue weighted by Gasteiger charge is -2.30. The van der Waals surface area contributed by atoms with Crippen LogP contribution in [0.5, 0.6) is 5.75 Å². The molecule has 5 nitrogen and oxygen atoms in total. The van der Waals surface area contributed by atoms with Gasteiger partial charge in [-0.05, 0) is 55.4 Å². The number of hydrogen-bond donors (Lipinski definition) is 1. The number of nitrogens with one attached hydrogen (secondary N) is 1. The van der Waals surface area contributed by atoms with E-state index in [1.54, 1.807) is 6.07 Å². The molecule has 0 radical (unpaired) electrons. The van der Waals surface area contributed by atoms with Crippen LogP contribution in [0, 0.1) is 0 Å². The van der Waals surface area contributed by atoms with Crippen molar-refractivity contribution in [2.75, 3.05) is 16.8 Å². The van der Waals surface area contributed by atoms with Crippen molar-refractivity contribution in [1.82, 2.24) is 9.97 Å². The second-order valence-electron chi connectivity index (χ2n) is 7.82. The van der Waals surface area contributed by atoms with Gasteiger partial charge in [0.1, 0.15) is 11.6 Å². The number of halogens is 3. The maximum absolute atomic E-state index is 12.4.